The molecule has 0 radical (unpaired) electrons. The van der Waals surface area contributed by atoms with Gasteiger partial charge in [-0.15, -0.1) is 0 Å². The number of imidazole rings is 1. The van der Waals surface area contributed by atoms with Crippen molar-refractivity contribution >= 4 is 33.9 Å². The molecular formula is C27H17ClN4O. The molecule has 2 aromatic heterocycles. The fraction of sp³-hybridized carbons (Fsp3) is 0. The lowest BCUT2D eigenvalue weighted by atomic mass is 10.2. The van der Waals surface area contributed by atoms with Crippen LogP contribution in [0.25, 0.3) is 39.4 Å². The molecule has 0 bridgehead atoms. The van der Waals surface area contributed by atoms with Gasteiger partial charge in [-0.1, -0.05) is 54.1 Å². The minimum absolute atomic E-state index is 0.577. The molecule has 0 atom stereocenters. The Balaban J connectivity index is 1.52. The van der Waals surface area contributed by atoms with Crippen molar-refractivity contribution in [1.82, 2.24) is 19.5 Å². The molecule has 0 aliphatic heterocycles. The minimum Gasteiger partial charge on any atom is -0.457 e. The number of hydrogen-bond acceptors (Lipinski definition) is 4. The summed E-state index contributed by atoms with van der Waals surface area (Å²) in [5.74, 6) is 2.25. The van der Waals surface area contributed by atoms with E-state index in [1.807, 2.05) is 108 Å². The molecule has 2 heterocycles. The molecule has 6 rings (SSSR count). The quantitative estimate of drug-likeness (QED) is 0.289. The van der Waals surface area contributed by atoms with Crippen molar-refractivity contribution in [3.63, 3.8) is 0 Å². The van der Waals surface area contributed by atoms with Crippen LogP contribution in [0.5, 0.6) is 11.5 Å². The third-order valence-corrected chi connectivity index (χ3v) is 5.56. The molecule has 5 nitrogen and oxygen atoms in total. The van der Waals surface area contributed by atoms with Crippen LogP contribution in [0.2, 0.25) is 5.02 Å². The highest BCUT2D eigenvalue weighted by Crippen LogP contribution is 2.31. The Morgan fingerprint density at radius 1 is 0.636 bits per heavy atom. The number of fused-ring (bicyclic) bond motifs is 2. The minimum atomic E-state index is 0.577. The summed E-state index contributed by atoms with van der Waals surface area (Å²) in [6.07, 6.45) is 0. The Hall–Kier alpha value is -4.22. The number of halogens is 1. The zero-order valence-corrected chi connectivity index (χ0v) is 18.1. The lowest BCUT2D eigenvalue weighted by Crippen LogP contribution is -1.99. The van der Waals surface area contributed by atoms with E-state index in [-0.39, 0.29) is 0 Å². The first kappa shape index (κ1) is 19.5. The summed E-state index contributed by atoms with van der Waals surface area (Å²) in [6, 6.07) is 33.0. The van der Waals surface area contributed by atoms with Gasteiger partial charge < -0.3 is 4.74 Å². The summed E-state index contributed by atoms with van der Waals surface area (Å²) in [6.45, 7) is 0. The van der Waals surface area contributed by atoms with E-state index in [0.29, 0.717) is 16.3 Å². The van der Waals surface area contributed by atoms with Gasteiger partial charge in [0.2, 0.25) is 0 Å². The smallest absolute Gasteiger partial charge is 0.199 e. The maximum absolute atomic E-state index is 6.29. The molecule has 6 aromatic rings. The lowest BCUT2D eigenvalue weighted by molar-refractivity contribution is 0.482. The highest BCUT2D eigenvalue weighted by molar-refractivity contribution is 6.30. The van der Waals surface area contributed by atoms with Gasteiger partial charge in [0.1, 0.15) is 17.3 Å². The van der Waals surface area contributed by atoms with Crippen LogP contribution in [0.15, 0.2) is 103 Å². The summed E-state index contributed by atoms with van der Waals surface area (Å²) in [5, 5.41) is 0.642. The van der Waals surface area contributed by atoms with Gasteiger partial charge in [-0.25, -0.2) is 15.0 Å². The van der Waals surface area contributed by atoms with E-state index in [2.05, 4.69) is 0 Å². The second-order valence-corrected chi connectivity index (χ2v) is 7.99. The summed E-state index contributed by atoms with van der Waals surface area (Å²) < 4.78 is 7.96. The second-order valence-electron chi connectivity index (χ2n) is 7.55. The van der Waals surface area contributed by atoms with Gasteiger partial charge in [-0.2, -0.15) is 0 Å². The zero-order chi connectivity index (χ0) is 22.2. The van der Waals surface area contributed by atoms with Crippen LogP contribution in [0, 0.1) is 0 Å². The van der Waals surface area contributed by atoms with E-state index in [0.717, 1.165) is 39.6 Å². The third kappa shape index (κ3) is 3.69. The Kier molecular flexibility index (Phi) is 4.74. The molecule has 0 aliphatic carbocycles. The second kappa shape index (κ2) is 8.04. The number of benzene rings is 4. The standard InChI is InChI=1S/C27H17ClN4O/c28-19-8-6-7-18(17-19)26-31-25-27(30-24-12-5-4-11-23(24)29-25)32(26)20-13-15-22(16-14-20)33-21-9-2-1-3-10-21/h1-17H. The topological polar surface area (TPSA) is 52.8 Å². The molecular weight excluding hydrogens is 432 g/mol. The maximum atomic E-state index is 6.29. The molecule has 0 aliphatic rings. The highest BCUT2D eigenvalue weighted by Gasteiger charge is 2.18. The van der Waals surface area contributed by atoms with Crippen LogP contribution >= 0.6 is 11.6 Å². The van der Waals surface area contributed by atoms with Crippen molar-refractivity contribution in [2.45, 2.75) is 0 Å². The molecule has 0 amide bonds. The van der Waals surface area contributed by atoms with Crippen molar-refractivity contribution in [2.24, 2.45) is 0 Å². The molecule has 6 heteroatoms. The van der Waals surface area contributed by atoms with E-state index in [9.17, 15) is 0 Å². The largest absolute Gasteiger partial charge is 0.457 e. The summed E-state index contributed by atoms with van der Waals surface area (Å²) >= 11 is 6.29. The molecule has 0 saturated heterocycles. The number of ether oxygens (including phenoxy) is 1. The first-order valence-corrected chi connectivity index (χ1v) is 10.9. The maximum Gasteiger partial charge on any atom is 0.199 e. The molecule has 4 aromatic carbocycles. The average Bonchev–Trinajstić information content (AvgIpc) is 3.22. The number of hydrogen-bond donors (Lipinski definition) is 0. The molecule has 0 saturated carbocycles. The SMILES string of the molecule is Clc1cccc(-c2nc3nc4ccccc4nc3n2-c2ccc(Oc3ccccc3)cc2)c1. The molecule has 158 valence electrons. The van der Waals surface area contributed by atoms with Crippen LogP contribution in [0.1, 0.15) is 0 Å². The number of rotatable bonds is 4. The first-order valence-electron chi connectivity index (χ1n) is 10.5. The van der Waals surface area contributed by atoms with Crippen molar-refractivity contribution in [3.8, 4) is 28.6 Å². The fourth-order valence-corrected chi connectivity index (χ4v) is 4.00. The molecule has 0 spiro atoms. The van der Waals surface area contributed by atoms with E-state index >= 15 is 0 Å². The van der Waals surface area contributed by atoms with Crippen LogP contribution in [-0.4, -0.2) is 19.5 Å². The van der Waals surface area contributed by atoms with Crippen molar-refractivity contribution in [1.29, 1.82) is 0 Å². The lowest BCUT2D eigenvalue weighted by Gasteiger charge is -2.11. The molecule has 33 heavy (non-hydrogen) atoms. The Labute approximate surface area is 194 Å². The summed E-state index contributed by atoms with van der Waals surface area (Å²) in [5.41, 5.74) is 4.66. The molecule has 0 fully saturated rings. The normalized spacial score (nSPS) is 11.2. The fourth-order valence-electron chi connectivity index (χ4n) is 3.81. The van der Waals surface area contributed by atoms with Gasteiger partial charge in [-0.3, -0.25) is 4.57 Å². The third-order valence-electron chi connectivity index (χ3n) is 5.33. The summed E-state index contributed by atoms with van der Waals surface area (Å²) in [4.78, 5) is 14.5. The van der Waals surface area contributed by atoms with Crippen molar-refractivity contribution < 1.29 is 4.74 Å². The van der Waals surface area contributed by atoms with Gasteiger partial charge in [0.05, 0.1) is 11.0 Å². The first-order chi connectivity index (χ1) is 16.2. The van der Waals surface area contributed by atoms with Gasteiger partial charge in [0.25, 0.3) is 0 Å². The van der Waals surface area contributed by atoms with E-state index < -0.39 is 0 Å². The zero-order valence-electron chi connectivity index (χ0n) is 17.4. The van der Waals surface area contributed by atoms with Gasteiger partial charge in [0.15, 0.2) is 11.3 Å². The highest BCUT2D eigenvalue weighted by atomic mass is 35.5. The van der Waals surface area contributed by atoms with Gasteiger partial charge in [-0.05, 0) is 60.7 Å². The number of nitrogens with zero attached hydrogens (tertiary/aromatic N) is 4. The van der Waals surface area contributed by atoms with E-state index in [1.54, 1.807) is 0 Å². The van der Waals surface area contributed by atoms with Crippen molar-refractivity contribution in [3.05, 3.63) is 108 Å². The number of aromatic nitrogens is 4. The monoisotopic (exact) mass is 448 g/mol. The van der Waals surface area contributed by atoms with Crippen LogP contribution < -0.4 is 4.74 Å². The Morgan fingerprint density at radius 3 is 2.09 bits per heavy atom. The van der Waals surface area contributed by atoms with Gasteiger partial charge >= 0.3 is 0 Å². The number of para-hydroxylation sites is 3. The van der Waals surface area contributed by atoms with E-state index in [1.165, 1.54) is 0 Å². The van der Waals surface area contributed by atoms with Crippen LogP contribution in [0.3, 0.4) is 0 Å². The van der Waals surface area contributed by atoms with E-state index in [4.69, 9.17) is 31.3 Å². The molecule has 0 unspecified atom stereocenters. The average molecular weight is 449 g/mol. The van der Waals surface area contributed by atoms with Crippen LogP contribution in [0.4, 0.5) is 0 Å². The van der Waals surface area contributed by atoms with Crippen molar-refractivity contribution in [2.75, 3.05) is 0 Å². The predicted octanol–water partition coefficient (Wildman–Crippen LogP) is 7.08. The van der Waals surface area contributed by atoms with Crippen LogP contribution in [-0.2, 0) is 0 Å². The van der Waals surface area contributed by atoms with Gasteiger partial charge in [0, 0.05) is 16.3 Å². The predicted molar refractivity (Wildman–Crippen MR) is 131 cm³/mol. The molecule has 0 N–H and O–H groups in total. The Morgan fingerprint density at radius 2 is 1.33 bits per heavy atom. The summed E-state index contributed by atoms with van der Waals surface area (Å²) in [7, 11) is 0. The Bertz CT molecular complexity index is 1590.